The molecule has 4 rings (SSSR count). The van der Waals surface area contributed by atoms with E-state index in [2.05, 4.69) is 0 Å². The van der Waals surface area contributed by atoms with Gasteiger partial charge in [-0.1, -0.05) is 6.07 Å². The molecule has 1 fully saturated rings. The number of hydrogen-bond donors (Lipinski definition) is 1. The lowest BCUT2D eigenvalue weighted by Crippen LogP contribution is -2.29. The lowest BCUT2D eigenvalue weighted by Gasteiger charge is -2.26. The molecule has 0 spiro atoms. The topological polar surface area (TPSA) is 94.5 Å². The van der Waals surface area contributed by atoms with Crippen LogP contribution >= 0.6 is 0 Å². The van der Waals surface area contributed by atoms with E-state index < -0.39 is 17.7 Å². The molecule has 35 heavy (non-hydrogen) atoms. The van der Waals surface area contributed by atoms with E-state index in [9.17, 15) is 14.7 Å². The average Bonchev–Trinajstić information content (AvgIpc) is 3.17. The van der Waals surface area contributed by atoms with Gasteiger partial charge < -0.3 is 24.1 Å². The number of ether oxygens (including phenoxy) is 4. The fraction of sp³-hybridized carbons (Fsp3) is 0.185. The van der Waals surface area contributed by atoms with Crippen LogP contribution in [0.2, 0.25) is 0 Å². The van der Waals surface area contributed by atoms with E-state index in [0.717, 1.165) is 0 Å². The molecule has 0 aliphatic carbocycles. The van der Waals surface area contributed by atoms with Crippen molar-refractivity contribution in [3.8, 4) is 23.0 Å². The zero-order valence-electron chi connectivity index (χ0n) is 19.8. The van der Waals surface area contributed by atoms with E-state index in [1.54, 1.807) is 73.8 Å². The number of ketones is 1. The van der Waals surface area contributed by atoms with Gasteiger partial charge in [0.1, 0.15) is 17.3 Å². The minimum atomic E-state index is -0.912. The van der Waals surface area contributed by atoms with Crippen LogP contribution < -0.4 is 23.8 Å². The highest BCUT2D eigenvalue weighted by Crippen LogP contribution is 2.44. The van der Waals surface area contributed by atoms with Crippen LogP contribution in [0, 0.1) is 0 Å². The Morgan fingerprint density at radius 1 is 0.743 bits per heavy atom. The fourth-order valence-corrected chi connectivity index (χ4v) is 4.08. The third-order valence-corrected chi connectivity index (χ3v) is 5.88. The second kappa shape index (κ2) is 9.80. The van der Waals surface area contributed by atoms with Crippen LogP contribution in [0.25, 0.3) is 5.76 Å². The minimum absolute atomic E-state index is 0.0387. The van der Waals surface area contributed by atoms with Crippen LogP contribution in [0.5, 0.6) is 23.0 Å². The number of carbonyl (C=O) groups is 2. The van der Waals surface area contributed by atoms with Gasteiger partial charge in [0.15, 0.2) is 11.5 Å². The van der Waals surface area contributed by atoms with Gasteiger partial charge in [-0.2, -0.15) is 0 Å². The molecular weight excluding hydrogens is 450 g/mol. The number of benzene rings is 3. The largest absolute Gasteiger partial charge is 0.507 e. The normalized spacial score (nSPS) is 16.8. The number of anilines is 1. The summed E-state index contributed by atoms with van der Waals surface area (Å²) in [6.45, 7) is 0. The Bertz CT molecular complexity index is 1280. The minimum Gasteiger partial charge on any atom is -0.507 e. The molecule has 1 unspecified atom stereocenters. The smallest absolute Gasteiger partial charge is 0.300 e. The SMILES string of the molecule is COc1ccc(C(O)=C2C(=O)C(=O)N(c3ccc(OC)cc3)C2c2ccc(OC)c(OC)c2)cc1. The predicted octanol–water partition coefficient (Wildman–Crippen LogP) is 4.35. The summed E-state index contributed by atoms with van der Waals surface area (Å²) in [5.41, 5.74) is 1.38. The van der Waals surface area contributed by atoms with Crippen LogP contribution in [-0.2, 0) is 9.59 Å². The van der Waals surface area contributed by atoms with Crippen molar-refractivity contribution in [2.24, 2.45) is 0 Å². The van der Waals surface area contributed by atoms with E-state index in [1.165, 1.54) is 26.2 Å². The maximum atomic E-state index is 13.3. The molecule has 8 nitrogen and oxygen atoms in total. The first-order valence-electron chi connectivity index (χ1n) is 10.7. The third kappa shape index (κ3) is 4.26. The van der Waals surface area contributed by atoms with E-state index in [-0.39, 0.29) is 11.3 Å². The molecule has 3 aromatic carbocycles. The van der Waals surface area contributed by atoms with E-state index in [0.29, 0.717) is 39.8 Å². The van der Waals surface area contributed by atoms with Gasteiger partial charge in [0.25, 0.3) is 11.7 Å². The number of carbonyl (C=O) groups excluding carboxylic acids is 2. The van der Waals surface area contributed by atoms with Gasteiger partial charge in [-0.25, -0.2) is 0 Å². The van der Waals surface area contributed by atoms with Gasteiger partial charge in [-0.3, -0.25) is 14.5 Å². The highest BCUT2D eigenvalue weighted by atomic mass is 16.5. The molecule has 1 aliphatic rings. The second-order valence-electron chi connectivity index (χ2n) is 7.71. The molecule has 8 heteroatoms. The zero-order chi connectivity index (χ0) is 25.1. The van der Waals surface area contributed by atoms with Crippen molar-refractivity contribution < 1.29 is 33.6 Å². The third-order valence-electron chi connectivity index (χ3n) is 5.88. The highest BCUT2D eigenvalue weighted by molar-refractivity contribution is 6.51. The predicted molar refractivity (Wildman–Crippen MR) is 130 cm³/mol. The summed E-state index contributed by atoms with van der Waals surface area (Å²) in [6, 6.07) is 17.6. The Morgan fingerprint density at radius 2 is 1.31 bits per heavy atom. The number of aliphatic hydroxyl groups excluding tert-OH is 1. The Kier molecular flexibility index (Phi) is 6.64. The van der Waals surface area contributed by atoms with Crippen LogP contribution in [0.1, 0.15) is 17.2 Å². The summed E-state index contributed by atoms with van der Waals surface area (Å²) < 4.78 is 21.2. The van der Waals surface area contributed by atoms with Gasteiger partial charge in [0, 0.05) is 11.3 Å². The number of hydrogen-bond acceptors (Lipinski definition) is 7. The Morgan fingerprint density at radius 3 is 1.86 bits per heavy atom. The van der Waals surface area contributed by atoms with Gasteiger partial charge in [0.2, 0.25) is 0 Å². The lowest BCUT2D eigenvalue weighted by atomic mass is 9.94. The number of amides is 1. The number of rotatable bonds is 7. The van der Waals surface area contributed by atoms with Gasteiger partial charge in [0.05, 0.1) is 40.1 Å². The summed E-state index contributed by atoms with van der Waals surface area (Å²) in [6.07, 6.45) is 0. The molecule has 0 saturated carbocycles. The molecule has 0 bridgehead atoms. The quantitative estimate of drug-likeness (QED) is 0.308. The van der Waals surface area contributed by atoms with Crippen molar-refractivity contribution in [2.75, 3.05) is 33.3 Å². The molecule has 0 aromatic heterocycles. The maximum Gasteiger partial charge on any atom is 0.300 e. The van der Waals surface area contributed by atoms with Crippen molar-refractivity contribution in [2.45, 2.75) is 6.04 Å². The number of aliphatic hydroxyl groups is 1. The number of nitrogens with zero attached hydrogens (tertiary/aromatic N) is 1. The highest BCUT2D eigenvalue weighted by Gasteiger charge is 2.47. The van der Waals surface area contributed by atoms with Crippen molar-refractivity contribution >= 4 is 23.1 Å². The molecule has 0 radical (unpaired) electrons. The molecule has 3 aromatic rings. The van der Waals surface area contributed by atoms with Crippen LogP contribution in [0.3, 0.4) is 0 Å². The molecule has 1 N–H and O–H groups in total. The Labute approximate surface area is 202 Å². The Hall–Kier alpha value is -4.46. The van der Waals surface area contributed by atoms with E-state index in [1.807, 2.05) is 0 Å². The summed E-state index contributed by atoms with van der Waals surface area (Å²) in [5, 5.41) is 11.2. The van der Waals surface area contributed by atoms with E-state index >= 15 is 0 Å². The first-order chi connectivity index (χ1) is 16.9. The van der Waals surface area contributed by atoms with Crippen LogP contribution in [-0.4, -0.2) is 45.2 Å². The standard InChI is InChI=1S/C27H25NO7/c1-32-19-10-5-16(6-11-19)25(29)23-24(17-7-14-21(34-3)22(15-17)35-4)28(27(31)26(23)30)18-8-12-20(33-2)13-9-18/h5-15,24,29H,1-4H3. The first kappa shape index (κ1) is 23.7. The van der Waals surface area contributed by atoms with Crippen molar-refractivity contribution in [3.05, 3.63) is 83.4 Å². The number of Topliss-reactive ketones (excluding diaryl/α,β-unsaturated/α-hetero) is 1. The zero-order valence-corrected chi connectivity index (χ0v) is 19.8. The van der Waals surface area contributed by atoms with Crippen LogP contribution in [0.15, 0.2) is 72.3 Å². The monoisotopic (exact) mass is 475 g/mol. The van der Waals surface area contributed by atoms with Crippen molar-refractivity contribution in [1.29, 1.82) is 0 Å². The maximum absolute atomic E-state index is 13.3. The molecule has 1 amide bonds. The lowest BCUT2D eigenvalue weighted by molar-refractivity contribution is -0.132. The van der Waals surface area contributed by atoms with Gasteiger partial charge >= 0.3 is 0 Å². The molecule has 1 saturated heterocycles. The average molecular weight is 475 g/mol. The second-order valence-corrected chi connectivity index (χ2v) is 7.71. The van der Waals surface area contributed by atoms with Crippen LogP contribution in [0.4, 0.5) is 5.69 Å². The molecule has 1 heterocycles. The van der Waals surface area contributed by atoms with Gasteiger partial charge in [-0.05, 0) is 66.2 Å². The molecular formula is C27H25NO7. The summed E-state index contributed by atoms with van der Waals surface area (Å²) in [5.74, 6) is 0.270. The number of methoxy groups -OCH3 is 4. The van der Waals surface area contributed by atoms with Gasteiger partial charge in [-0.15, -0.1) is 0 Å². The van der Waals surface area contributed by atoms with E-state index in [4.69, 9.17) is 18.9 Å². The molecule has 1 atom stereocenters. The Balaban J connectivity index is 1.93. The fourth-order valence-electron chi connectivity index (χ4n) is 4.08. The van der Waals surface area contributed by atoms with Crippen molar-refractivity contribution in [1.82, 2.24) is 0 Å². The first-order valence-corrected chi connectivity index (χ1v) is 10.7. The van der Waals surface area contributed by atoms with Crippen molar-refractivity contribution in [3.63, 3.8) is 0 Å². The summed E-state index contributed by atoms with van der Waals surface area (Å²) in [4.78, 5) is 27.9. The summed E-state index contributed by atoms with van der Waals surface area (Å²) >= 11 is 0. The molecule has 1 aliphatic heterocycles. The molecule has 180 valence electrons. The summed E-state index contributed by atoms with van der Waals surface area (Å²) in [7, 11) is 6.09.